The molecule has 0 spiro atoms. The van der Waals surface area contributed by atoms with Crippen molar-refractivity contribution in [1.82, 2.24) is 14.9 Å². The van der Waals surface area contributed by atoms with Crippen LogP contribution in [-0.2, 0) is 11.4 Å². The standard InChI is InChI=1S/C30H30N6O3/c1-4-38-28-17-26-25(16-27(28)35-29(37)9-7-15-36(2)3)30(21(18-31)19-33-26)34-22-10-12-24(13-11-22)39-20-23-8-5-6-14-32-23/h5-14,16-17,19H,4,15,20H2,1-3H3,(H,33,34)(H,35,37). The molecule has 9 nitrogen and oxygen atoms in total. The number of nitrogens with one attached hydrogen (secondary N) is 2. The van der Waals surface area contributed by atoms with E-state index in [2.05, 4.69) is 26.7 Å². The Morgan fingerprint density at radius 1 is 1.10 bits per heavy atom. The smallest absolute Gasteiger partial charge is 0.248 e. The number of hydrogen-bond acceptors (Lipinski definition) is 8. The zero-order valence-electron chi connectivity index (χ0n) is 22.1. The number of benzene rings is 2. The van der Waals surface area contributed by atoms with Crippen LogP contribution in [0.5, 0.6) is 11.5 Å². The van der Waals surface area contributed by atoms with Crippen LogP contribution in [0.1, 0.15) is 18.2 Å². The largest absolute Gasteiger partial charge is 0.492 e. The minimum absolute atomic E-state index is 0.280. The fourth-order valence-corrected chi connectivity index (χ4v) is 3.78. The molecule has 0 bridgehead atoms. The number of nitriles is 1. The van der Waals surface area contributed by atoms with E-state index in [4.69, 9.17) is 9.47 Å². The van der Waals surface area contributed by atoms with Gasteiger partial charge in [0, 0.05) is 42.2 Å². The van der Waals surface area contributed by atoms with E-state index >= 15 is 0 Å². The van der Waals surface area contributed by atoms with E-state index in [0.717, 1.165) is 11.4 Å². The Hall–Kier alpha value is -4.94. The zero-order valence-corrected chi connectivity index (χ0v) is 22.1. The van der Waals surface area contributed by atoms with E-state index < -0.39 is 0 Å². The second-order valence-electron chi connectivity index (χ2n) is 8.87. The number of hydrogen-bond donors (Lipinski definition) is 2. The molecule has 0 saturated heterocycles. The molecule has 2 N–H and O–H groups in total. The third kappa shape index (κ3) is 7.31. The Kier molecular flexibility index (Phi) is 9.06. The number of pyridine rings is 2. The molecule has 4 rings (SSSR count). The lowest BCUT2D eigenvalue weighted by atomic mass is 10.1. The van der Waals surface area contributed by atoms with E-state index in [0.29, 0.717) is 59.1 Å². The van der Waals surface area contributed by atoms with Gasteiger partial charge in [0.15, 0.2) is 0 Å². The quantitative estimate of drug-likeness (QED) is 0.256. The molecule has 9 heteroatoms. The highest BCUT2D eigenvalue weighted by Gasteiger charge is 2.15. The molecule has 0 aliphatic heterocycles. The number of likely N-dealkylation sites (N-methyl/N-ethyl adjacent to an activating group) is 1. The average Bonchev–Trinajstić information content (AvgIpc) is 2.94. The summed E-state index contributed by atoms with van der Waals surface area (Å²) in [4.78, 5) is 23.3. The van der Waals surface area contributed by atoms with Crippen LogP contribution in [0.3, 0.4) is 0 Å². The molecular formula is C30H30N6O3. The second-order valence-corrected chi connectivity index (χ2v) is 8.87. The Morgan fingerprint density at radius 3 is 2.62 bits per heavy atom. The predicted molar refractivity (Wildman–Crippen MR) is 152 cm³/mol. The molecule has 0 aliphatic carbocycles. The summed E-state index contributed by atoms with van der Waals surface area (Å²) < 4.78 is 11.6. The van der Waals surface area contributed by atoms with Crippen LogP contribution >= 0.6 is 0 Å². The first-order chi connectivity index (χ1) is 19.0. The van der Waals surface area contributed by atoms with Gasteiger partial charge in [-0.25, -0.2) is 0 Å². The number of aromatic nitrogens is 2. The van der Waals surface area contributed by atoms with Crippen LogP contribution in [0.15, 0.2) is 79.1 Å². The van der Waals surface area contributed by atoms with Crippen molar-refractivity contribution in [3.05, 3.63) is 90.4 Å². The maximum absolute atomic E-state index is 12.6. The summed E-state index contributed by atoms with van der Waals surface area (Å²) >= 11 is 0. The van der Waals surface area contributed by atoms with Crippen molar-refractivity contribution in [3.63, 3.8) is 0 Å². The molecule has 198 valence electrons. The van der Waals surface area contributed by atoms with Crippen molar-refractivity contribution in [2.45, 2.75) is 13.5 Å². The average molecular weight is 523 g/mol. The summed E-state index contributed by atoms with van der Waals surface area (Å²) in [5, 5.41) is 16.7. The number of amides is 1. The number of rotatable bonds is 11. The van der Waals surface area contributed by atoms with E-state index in [-0.39, 0.29) is 5.91 Å². The monoisotopic (exact) mass is 522 g/mol. The van der Waals surface area contributed by atoms with Gasteiger partial charge in [0.25, 0.3) is 0 Å². The van der Waals surface area contributed by atoms with Gasteiger partial charge in [0.05, 0.1) is 34.8 Å². The van der Waals surface area contributed by atoms with E-state index in [1.165, 1.54) is 12.3 Å². The summed E-state index contributed by atoms with van der Waals surface area (Å²) in [5.74, 6) is 0.911. The summed E-state index contributed by atoms with van der Waals surface area (Å²) in [7, 11) is 3.85. The van der Waals surface area contributed by atoms with Crippen molar-refractivity contribution in [3.8, 4) is 17.6 Å². The first-order valence-corrected chi connectivity index (χ1v) is 12.5. The molecule has 2 heterocycles. The Balaban J connectivity index is 1.61. The first kappa shape index (κ1) is 27.1. The number of carbonyl (C=O) groups excluding carboxylic acids is 1. The molecule has 0 atom stereocenters. The van der Waals surface area contributed by atoms with E-state index in [9.17, 15) is 10.1 Å². The molecule has 0 unspecified atom stereocenters. The molecule has 0 aliphatic rings. The normalized spacial score (nSPS) is 10.9. The number of anilines is 3. The fourth-order valence-electron chi connectivity index (χ4n) is 3.78. The number of nitrogens with zero attached hydrogens (tertiary/aromatic N) is 4. The third-order valence-electron chi connectivity index (χ3n) is 5.62. The lowest BCUT2D eigenvalue weighted by Crippen LogP contribution is -2.13. The zero-order chi connectivity index (χ0) is 27.6. The SMILES string of the molecule is CCOc1cc2ncc(C#N)c(Nc3ccc(OCc4ccccn4)cc3)c2cc1NC(=O)C=CCN(C)C. The number of carbonyl (C=O) groups is 1. The molecule has 4 aromatic rings. The second kappa shape index (κ2) is 13.0. The third-order valence-corrected chi connectivity index (χ3v) is 5.62. The lowest BCUT2D eigenvalue weighted by Gasteiger charge is -2.16. The first-order valence-electron chi connectivity index (χ1n) is 12.5. The van der Waals surface area contributed by atoms with Crippen molar-refractivity contribution in [1.29, 1.82) is 5.26 Å². The van der Waals surface area contributed by atoms with Crippen LogP contribution < -0.4 is 20.1 Å². The highest BCUT2D eigenvalue weighted by atomic mass is 16.5. The number of ether oxygens (including phenoxy) is 2. The lowest BCUT2D eigenvalue weighted by molar-refractivity contribution is -0.111. The van der Waals surface area contributed by atoms with Gasteiger partial charge >= 0.3 is 0 Å². The van der Waals surface area contributed by atoms with Crippen LogP contribution in [0.2, 0.25) is 0 Å². The predicted octanol–water partition coefficient (Wildman–Crippen LogP) is 5.28. The minimum atomic E-state index is -0.280. The topological polar surface area (TPSA) is 112 Å². The van der Waals surface area contributed by atoms with Gasteiger partial charge in [-0.15, -0.1) is 0 Å². The molecule has 0 fully saturated rings. The van der Waals surface area contributed by atoms with Gasteiger partial charge in [-0.2, -0.15) is 5.26 Å². The van der Waals surface area contributed by atoms with Crippen LogP contribution in [0.4, 0.5) is 17.1 Å². The molecule has 0 radical (unpaired) electrons. The summed E-state index contributed by atoms with van der Waals surface area (Å²) in [6.45, 7) is 3.29. The van der Waals surface area contributed by atoms with Crippen molar-refractivity contribution in [2.75, 3.05) is 37.9 Å². The van der Waals surface area contributed by atoms with Gasteiger partial charge in [-0.1, -0.05) is 12.1 Å². The number of fused-ring (bicyclic) bond motifs is 1. The van der Waals surface area contributed by atoms with E-state index in [1.54, 1.807) is 24.4 Å². The molecule has 1 amide bonds. The van der Waals surface area contributed by atoms with Crippen LogP contribution in [-0.4, -0.2) is 48.0 Å². The van der Waals surface area contributed by atoms with Gasteiger partial charge in [-0.05, 0) is 63.5 Å². The highest BCUT2D eigenvalue weighted by Crippen LogP contribution is 2.36. The fraction of sp³-hybridized carbons (Fsp3) is 0.200. The molecular weight excluding hydrogens is 492 g/mol. The van der Waals surface area contributed by atoms with Gasteiger partial charge in [0.2, 0.25) is 5.91 Å². The van der Waals surface area contributed by atoms with Crippen molar-refractivity contribution >= 4 is 33.9 Å². The molecule has 0 saturated carbocycles. The Bertz CT molecular complexity index is 1500. The Morgan fingerprint density at radius 2 is 1.92 bits per heavy atom. The summed E-state index contributed by atoms with van der Waals surface area (Å²) in [6.07, 6.45) is 6.52. The van der Waals surface area contributed by atoms with Crippen LogP contribution in [0, 0.1) is 11.3 Å². The van der Waals surface area contributed by atoms with E-state index in [1.807, 2.05) is 68.4 Å². The maximum atomic E-state index is 12.6. The highest BCUT2D eigenvalue weighted by molar-refractivity contribution is 6.04. The molecule has 39 heavy (non-hydrogen) atoms. The van der Waals surface area contributed by atoms with Crippen molar-refractivity contribution < 1.29 is 14.3 Å². The maximum Gasteiger partial charge on any atom is 0.248 e. The Labute approximate surface area is 227 Å². The van der Waals surface area contributed by atoms with Crippen LogP contribution in [0.25, 0.3) is 10.9 Å². The van der Waals surface area contributed by atoms with Gasteiger partial charge in [0.1, 0.15) is 24.2 Å². The van der Waals surface area contributed by atoms with Gasteiger partial charge < -0.3 is 25.0 Å². The summed E-state index contributed by atoms with van der Waals surface area (Å²) in [5.41, 5.74) is 3.65. The van der Waals surface area contributed by atoms with Gasteiger partial charge in [-0.3, -0.25) is 14.8 Å². The minimum Gasteiger partial charge on any atom is -0.492 e. The van der Waals surface area contributed by atoms with Crippen molar-refractivity contribution in [2.24, 2.45) is 0 Å². The summed E-state index contributed by atoms with van der Waals surface area (Å²) in [6, 6.07) is 18.9. The molecule has 2 aromatic heterocycles. The molecule has 2 aromatic carbocycles.